The second-order valence-corrected chi connectivity index (χ2v) is 7.70. The van der Waals surface area contributed by atoms with E-state index in [1.165, 1.54) is 36.0 Å². The van der Waals surface area contributed by atoms with E-state index in [-0.39, 0.29) is 24.7 Å². The smallest absolute Gasteiger partial charge is 0.249 e. The van der Waals surface area contributed by atoms with Gasteiger partial charge in [0.25, 0.3) is 0 Å². The Morgan fingerprint density at radius 2 is 1.92 bits per heavy atom. The molecule has 3 nitrogen and oxygen atoms in total. The van der Waals surface area contributed by atoms with Crippen molar-refractivity contribution in [2.24, 2.45) is 5.92 Å². The predicted molar refractivity (Wildman–Crippen MR) is 97.0 cm³/mol. The monoisotopic (exact) mass is 329 g/mol. The lowest BCUT2D eigenvalue weighted by molar-refractivity contribution is -0.141. The Morgan fingerprint density at radius 1 is 1.12 bits per heavy atom. The van der Waals surface area contributed by atoms with Gasteiger partial charge >= 0.3 is 0 Å². The Morgan fingerprint density at radius 3 is 2.67 bits per heavy atom. The van der Waals surface area contributed by atoms with Crippen LogP contribution >= 0.6 is 0 Å². The maximum atomic E-state index is 12.7. The van der Waals surface area contributed by atoms with Gasteiger partial charge in [0.15, 0.2) is 0 Å². The summed E-state index contributed by atoms with van der Waals surface area (Å²) in [5.41, 5.74) is 3.89. The average Bonchev–Trinajstić information content (AvgIpc) is 3.06. The third-order valence-corrected chi connectivity index (χ3v) is 5.94. The molecule has 3 rings (SSSR count). The summed E-state index contributed by atoms with van der Waals surface area (Å²) in [5, 5.41) is 0. The number of rotatable bonds is 4. The summed E-state index contributed by atoms with van der Waals surface area (Å²) in [7, 11) is 0. The molecule has 1 aromatic carbocycles. The summed E-state index contributed by atoms with van der Waals surface area (Å²) in [5.74, 6) is 0.745. The molecule has 0 bridgehead atoms. The van der Waals surface area contributed by atoms with Crippen LogP contribution in [-0.4, -0.2) is 30.1 Å². The normalized spacial score (nSPS) is 27.5. The van der Waals surface area contributed by atoms with Gasteiger partial charge in [0.05, 0.1) is 12.1 Å². The molecule has 0 aromatic heterocycles. The lowest BCUT2D eigenvalue weighted by Crippen LogP contribution is -2.36. The zero-order valence-corrected chi connectivity index (χ0v) is 15.4. The molecule has 0 spiro atoms. The summed E-state index contributed by atoms with van der Waals surface area (Å²) < 4.78 is 6.01. The molecule has 132 valence electrons. The van der Waals surface area contributed by atoms with Crippen molar-refractivity contribution in [3.63, 3.8) is 0 Å². The minimum Gasteiger partial charge on any atom is -0.368 e. The second-order valence-electron chi connectivity index (χ2n) is 7.70. The molecule has 3 heteroatoms. The lowest BCUT2D eigenvalue weighted by Gasteiger charge is -2.30. The molecule has 1 amide bonds. The van der Waals surface area contributed by atoms with Crippen LogP contribution < -0.4 is 0 Å². The third kappa shape index (κ3) is 3.83. The van der Waals surface area contributed by atoms with E-state index < -0.39 is 0 Å². The maximum Gasteiger partial charge on any atom is 0.249 e. The highest BCUT2D eigenvalue weighted by atomic mass is 16.5. The first-order chi connectivity index (χ1) is 11.6. The number of likely N-dealkylation sites (tertiary alicyclic amines) is 1. The fourth-order valence-electron chi connectivity index (χ4n) is 4.17. The molecule has 1 aliphatic carbocycles. The van der Waals surface area contributed by atoms with Gasteiger partial charge in [0, 0.05) is 6.54 Å². The first-order valence-electron chi connectivity index (χ1n) is 9.54. The molecule has 0 unspecified atom stereocenters. The highest BCUT2D eigenvalue weighted by molar-refractivity contribution is 5.78. The van der Waals surface area contributed by atoms with Crippen LogP contribution in [-0.2, 0) is 9.53 Å². The number of aryl methyl sites for hydroxylation is 2. The van der Waals surface area contributed by atoms with Crippen LogP contribution in [0.2, 0.25) is 0 Å². The van der Waals surface area contributed by atoms with E-state index >= 15 is 0 Å². The summed E-state index contributed by atoms with van der Waals surface area (Å²) >= 11 is 0. The molecular formula is C21H31NO2. The van der Waals surface area contributed by atoms with E-state index in [1.807, 2.05) is 4.90 Å². The Kier molecular flexibility index (Phi) is 5.60. The van der Waals surface area contributed by atoms with Crippen molar-refractivity contribution in [1.29, 1.82) is 0 Å². The van der Waals surface area contributed by atoms with E-state index in [4.69, 9.17) is 4.74 Å². The maximum absolute atomic E-state index is 12.7. The standard InChI is InChI=1S/C21H31NO2/c1-15-10-11-18(13-17(15)3)19-8-6-12-22(19)21(23)14-24-20-9-5-4-7-16(20)2/h10-11,13,16,19-20H,4-9,12,14H2,1-3H3/t16-,19+,20+/m1/s1. The molecule has 1 aromatic rings. The first-order valence-corrected chi connectivity index (χ1v) is 9.54. The molecular weight excluding hydrogens is 298 g/mol. The number of benzene rings is 1. The average molecular weight is 329 g/mol. The quantitative estimate of drug-likeness (QED) is 0.810. The third-order valence-electron chi connectivity index (χ3n) is 5.94. The molecule has 1 aliphatic heterocycles. The van der Waals surface area contributed by atoms with Gasteiger partial charge in [-0.05, 0) is 62.1 Å². The molecule has 2 aliphatic rings. The van der Waals surface area contributed by atoms with E-state index in [0.717, 1.165) is 25.8 Å². The van der Waals surface area contributed by atoms with Crippen molar-refractivity contribution in [1.82, 2.24) is 4.90 Å². The van der Waals surface area contributed by atoms with Crippen molar-refractivity contribution in [2.45, 2.75) is 71.4 Å². The number of amides is 1. The van der Waals surface area contributed by atoms with Gasteiger partial charge < -0.3 is 9.64 Å². The molecule has 1 heterocycles. The van der Waals surface area contributed by atoms with Crippen molar-refractivity contribution in [2.75, 3.05) is 13.2 Å². The number of hydrogen-bond donors (Lipinski definition) is 0. The largest absolute Gasteiger partial charge is 0.368 e. The Bertz CT molecular complexity index is 583. The van der Waals surface area contributed by atoms with Gasteiger partial charge in [0.2, 0.25) is 5.91 Å². The van der Waals surface area contributed by atoms with Crippen LogP contribution in [0.3, 0.4) is 0 Å². The Labute approximate surface area is 146 Å². The molecule has 0 radical (unpaired) electrons. The lowest BCUT2D eigenvalue weighted by atomic mass is 9.88. The molecule has 1 saturated heterocycles. The highest BCUT2D eigenvalue weighted by Gasteiger charge is 2.31. The summed E-state index contributed by atoms with van der Waals surface area (Å²) in [4.78, 5) is 14.8. The predicted octanol–water partition coefficient (Wildman–Crippen LogP) is 4.56. The fraction of sp³-hybridized carbons (Fsp3) is 0.667. The van der Waals surface area contributed by atoms with E-state index in [2.05, 4.69) is 39.0 Å². The zero-order valence-electron chi connectivity index (χ0n) is 15.4. The minimum absolute atomic E-state index is 0.161. The number of carbonyl (C=O) groups is 1. The van der Waals surface area contributed by atoms with Crippen LogP contribution in [0.4, 0.5) is 0 Å². The van der Waals surface area contributed by atoms with Gasteiger partial charge in [-0.15, -0.1) is 0 Å². The minimum atomic E-state index is 0.161. The number of hydrogen-bond acceptors (Lipinski definition) is 2. The molecule has 3 atom stereocenters. The van der Waals surface area contributed by atoms with Gasteiger partial charge in [-0.1, -0.05) is 38.0 Å². The summed E-state index contributed by atoms with van der Waals surface area (Å²) in [6.45, 7) is 7.64. The van der Waals surface area contributed by atoms with Gasteiger partial charge in [-0.3, -0.25) is 4.79 Å². The topological polar surface area (TPSA) is 29.5 Å². The summed E-state index contributed by atoms with van der Waals surface area (Å²) in [6, 6.07) is 6.83. The Balaban J connectivity index is 1.61. The van der Waals surface area contributed by atoms with E-state index in [0.29, 0.717) is 5.92 Å². The van der Waals surface area contributed by atoms with Crippen molar-refractivity contribution in [3.05, 3.63) is 34.9 Å². The van der Waals surface area contributed by atoms with Crippen LogP contribution in [0.15, 0.2) is 18.2 Å². The van der Waals surface area contributed by atoms with Crippen LogP contribution in [0.1, 0.15) is 68.2 Å². The second kappa shape index (κ2) is 7.69. The van der Waals surface area contributed by atoms with Crippen LogP contribution in [0, 0.1) is 19.8 Å². The number of carbonyl (C=O) groups excluding carboxylic acids is 1. The molecule has 2 fully saturated rings. The van der Waals surface area contributed by atoms with Crippen molar-refractivity contribution < 1.29 is 9.53 Å². The molecule has 0 N–H and O–H groups in total. The van der Waals surface area contributed by atoms with Gasteiger partial charge in [-0.2, -0.15) is 0 Å². The Hall–Kier alpha value is -1.35. The van der Waals surface area contributed by atoms with Gasteiger partial charge in [-0.25, -0.2) is 0 Å². The zero-order chi connectivity index (χ0) is 17.1. The fourth-order valence-corrected chi connectivity index (χ4v) is 4.17. The molecule has 1 saturated carbocycles. The number of ether oxygens (including phenoxy) is 1. The highest BCUT2D eigenvalue weighted by Crippen LogP contribution is 2.33. The van der Waals surface area contributed by atoms with E-state index in [9.17, 15) is 4.79 Å². The summed E-state index contributed by atoms with van der Waals surface area (Å²) in [6.07, 6.45) is 7.29. The van der Waals surface area contributed by atoms with Crippen LogP contribution in [0.5, 0.6) is 0 Å². The van der Waals surface area contributed by atoms with Crippen molar-refractivity contribution >= 4 is 5.91 Å². The van der Waals surface area contributed by atoms with E-state index in [1.54, 1.807) is 0 Å². The van der Waals surface area contributed by atoms with Crippen molar-refractivity contribution in [3.8, 4) is 0 Å². The van der Waals surface area contributed by atoms with Crippen LogP contribution in [0.25, 0.3) is 0 Å². The first kappa shape index (κ1) is 17.5. The number of nitrogens with zero attached hydrogens (tertiary/aromatic N) is 1. The molecule has 24 heavy (non-hydrogen) atoms. The van der Waals surface area contributed by atoms with Gasteiger partial charge in [0.1, 0.15) is 6.61 Å². The SMILES string of the molecule is Cc1ccc([C@@H]2CCCN2C(=O)CO[C@H]2CCCC[C@H]2C)cc1C.